The van der Waals surface area contributed by atoms with Crippen molar-refractivity contribution in [1.82, 2.24) is 0 Å². The van der Waals surface area contributed by atoms with Gasteiger partial charge in [0.2, 0.25) is 0 Å². The zero-order valence-electron chi connectivity index (χ0n) is 21.6. The van der Waals surface area contributed by atoms with Gasteiger partial charge in [-0.05, 0) is 73.5 Å². The molecule has 8 nitrogen and oxygen atoms in total. The van der Waals surface area contributed by atoms with Crippen LogP contribution in [-0.4, -0.2) is 60.4 Å². The molecule has 1 amide bonds. The molecule has 3 N–H and O–H groups in total. The number of halogens is 4. The summed E-state index contributed by atoms with van der Waals surface area (Å²) < 4.78 is 31.7. The van der Waals surface area contributed by atoms with Crippen LogP contribution >= 0.6 is 11.6 Å². The fourth-order valence-electron chi connectivity index (χ4n) is 4.11. The van der Waals surface area contributed by atoms with Gasteiger partial charge in [-0.2, -0.15) is 13.2 Å². The van der Waals surface area contributed by atoms with Crippen molar-refractivity contribution in [2.45, 2.75) is 20.0 Å². The van der Waals surface area contributed by atoms with Gasteiger partial charge in [-0.15, -0.1) is 0 Å². The molecule has 1 aliphatic heterocycles. The lowest BCUT2D eigenvalue weighted by Crippen LogP contribution is -2.47. The van der Waals surface area contributed by atoms with Gasteiger partial charge in [0.1, 0.15) is 0 Å². The quantitative estimate of drug-likeness (QED) is 0.348. The number of carboxylic acids is 2. The Balaban J connectivity index is 0.000000559. The molecule has 0 radical (unpaired) electrons. The Morgan fingerprint density at radius 2 is 1.38 bits per heavy atom. The first kappa shape index (κ1) is 30.3. The standard InChI is InChI=1S/C26H26ClN3O3.C2HF3O2/c1-17-3-4-18(2)24(15-17)30-13-11-29(12-14-30)23-10-9-21(16-22(23)26(32)33)28-25(31)19-5-7-20(27)8-6-19;3-2(4,5)1(6)7/h3-10,15-16H,11-14H2,1-2H3,(H,28,31)(H,32,33);(H,6,7). The van der Waals surface area contributed by atoms with Crippen LogP contribution in [0.5, 0.6) is 0 Å². The minimum Gasteiger partial charge on any atom is -0.478 e. The SMILES string of the molecule is Cc1ccc(C)c(N2CCN(c3ccc(NC(=O)c4ccc(Cl)cc4)cc3C(=O)O)CC2)c1.O=C(O)C(F)(F)F. The normalized spacial score (nSPS) is 13.2. The fourth-order valence-corrected chi connectivity index (χ4v) is 4.24. The lowest BCUT2D eigenvalue weighted by atomic mass is 10.1. The maximum Gasteiger partial charge on any atom is 0.490 e. The highest BCUT2D eigenvalue weighted by Crippen LogP contribution is 2.28. The van der Waals surface area contributed by atoms with Gasteiger partial charge >= 0.3 is 18.1 Å². The van der Waals surface area contributed by atoms with Crippen LogP contribution in [0.2, 0.25) is 5.02 Å². The van der Waals surface area contributed by atoms with Gasteiger partial charge in [0, 0.05) is 48.1 Å². The molecule has 3 aromatic carbocycles. The van der Waals surface area contributed by atoms with E-state index in [9.17, 15) is 27.9 Å². The maximum absolute atomic E-state index is 12.5. The van der Waals surface area contributed by atoms with Crippen LogP contribution < -0.4 is 15.1 Å². The van der Waals surface area contributed by atoms with Crippen LogP contribution in [0.3, 0.4) is 0 Å². The molecule has 212 valence electrons. The zero-order valence-corrected chi connectivity index (χ0v) is 22.4. The lowest BCUT2D eigenvalue weighted by molar-refractivity contribution is -0.192. The third-order valence-electron chi connectivity index (χ3n) is 6.16. The van der Waals surface area contributed by atoms with Crippen molar-refractivity contribution in [3.05, 3.63) is 87.9 Å². The van der Waals surface area contributed by atoms with Crippen LogP contribution in [0.25, 0.3) is 0 Å². The Hall–Kier alpha value is -4.25. The summed E-state index contributed by atoms with van der Waals surface area (Å²) >= 11 is 5.88. The average molecular weight is 578 g/mol. The number of piperazine rings is 1. The number of alkyl halides is 3. The molecule has 0 atom stereocenters. The largest absolute Gasteiger partial charge is 0.490 e. The Labute approximate surface area is 233 Å². The highest BCUT2D eigenvalue weighted by Gasteiger charge is 2.38. The van der Waals surface area contributed by atoms with Gasteiger partial charge in [0.15, 0.2) is 0 Å². The van der Waals surface area contributed by atoms with E-state index in [0.717, 1.165) is 13.1 Å². The summed E-state index contributed by atoms with van der Waals surface area (Å²) in [7, 11) is 0. The molecule has 1 saturated heterocycles. The fraction of sp³-hybridized carbons (Fsp3) is 0.250. The van der Waals surface area contributed by atoms with Crippen molar-refractivity contribution in [3.63, 3.8) is 0 Å². The molecule has 1 aliphatic rings. The van der Waals surface area contributed by atoms with E-state index in [4.69, 9.17) is 21.5 Å². The molecule has 40 heavy (non-hydrogen) atoms. The summed E-state index contributed by atoms with van der Waals surface area (Å²) in [5.41, 5.74) is 5.40. The number of carboxylic acid groups (broad SMARTS) is 2. The molecular weight excluding hydrogens is 551 g/mol. The van der Waals surface area contributed by atoms with Crippen LogP contribution in [0.4, 0.5) is 30.2 Å². The van der Waals surface area contributed by atoms with E-state index in [1.54, 1.807) is 36.4 Å². The van der Waals surface area contributed by atoms with Gasteiger partial charge in [-0.25, -0.2) is 9.59 Å². The van der Waals surface area contributed by atoms with Gasteiger partial charge in [0.25, 0.3) is 5.91 Å². The van der Waals surface area contributed by atoms with E-state index < -0.39 is 18.1 Å². The number of hydrogen-bond donors (Lipinski definition) is 3. The number of carbonyl (C=O) groups excluding carboxylic acids is 1. The number of nitrogens with one attached hydrogen (secondary N) is 1. The first-order chi connectivity index (χ1) is 18.8. The average Bonchev–Trinajstić information content (AvgIpc) is 2.90. The Bertz CT molecular complexity index is 1390. The molecule has 0 bridgehead atoms. The Morgan fingerprint density at radius 3 is 1.90 bits per heavy atom. The monoisotopic (exact) mass is 577 g/mol. The summed E-state index contributed by atoms with van der Waals surface area (Å²) in [6.45, 7) is 7.23. The molecule has 1 heterocycles. The number of aryl methyl sites for hydroxylation is 2. The van der Waals surface area contributed by atoms with Crippen molar-refractivity contribution < 1.29 is 37.8 Å². The zero-order chi connectivity index (χ0) is 29.6. The lowest BCUT2D eigenvalue weighted by Gasteiger charge is -2.38. The van der Waals surface area contributed by atoms with Gasteiger partial charge in [-0.1, -0.05) is 23.7 Å². The predicted octanol–water partition coefficient (Wildman–Crippen LogP) is 5.87. The van der Waals surface area contributed by atoms with Crippen LogP contribution in [-0.2, 0) is 4.79 Å². The number of benzene rings is 3. The van der Waals surface area contributed by atoms with Crippen LogP contribution in [0, 0.1) is 13.8 Å². The first-order valence-corrected chi connectivity index (χ1v) is 12.5. The first-order valence-electron chi connectivity index (χ1n) is 12.1. The highest BCUT2D eigenvalue weighted by atomic mass is 35.5. The van der Waals surface area contributed by atoms with Crippen LogP contribution in [0.15, 0.2) is 60.7 Å². The summed E-state index contributed by atoms with van der Waals surface area (Å²) in [5.74, 6) is -4.10. The molecule has 3 aromatic rings. The van der Waals surface area contributed by atoms with Gasteiger partial charge in [0.05, 0.1) is 11.3 Å². The summed E-state index contributed by atoms with van der Waals surface area (Å²) in [5, 5.41) is 20.3. The minimum absolute atomic E-state index is 0.170. The van der Waals surface area contributed by atoms with E-state index in [0.29, 0.717) is 35.1 Å². The van der Waals surface area contributed by atoms with Gasteiger partial charge in [-0.3, -0.25) is 4.79 Å². The number of carbonyl (C=O) groups is 3. The number of aromatic carboxylic acids is 1. The predicted molar refractivity (Wildman–Crippen MR) is 147 cm³/mol. The second-order valence-electron chi connectivity index (χ2n) is 9.07. The van der Waals surface area contributed by atoms with Crippen molar-refractivity contribution in [2.24, 2.45) is 0 Å². The number of amides is 1. The number of hydrogen-bond acceptors (Lipinski definition) is 5. The van der Waals surface area contributed by atoms with E-state index in [1.165, 1.54) is 22.9 Å². The summed E-state index contributed by atoms with van der Waals surface area (Å²) in [4.78, 5) is 37.8. The van der Waals surface area contributed by atoms with E-state index in [2.05, 4.69) is 47.2 Å². The third kappa shape index (κ3) is 7.89. The molecule has 0 saturated carbocycles. The molecule has 12 heteroatoms. The second kappa shape index (κ2) is 12.7. The molecule has 0 aliphatic carbocycles. The van der Waals surface area contributed by atoms with E-state index in [1.807, 2.05) is 0 Å². The number of aliphatic carboxylic acids is 1. The van der Waals surface area contributed by atoms with E-state index >= 15 is 0 Å². The Morgan fingerprint density at radius 1 is 0.825 bits per heavy atom. The smallest absolute Gasteiger partial charge is 0.478 e. The van der Waals surface area contributed by atoms with Crippen molar-refractivity contribution >= 4 is 46.5 Å². The molecule has 0 aromatic heterocycles. The molecule has 0 spiro atoms. The molecule has 0 unspecified atom stereocenters. The molecule has 4 rings (SSSR count). The Kier molecular flexibility index (Phi) is 9.65. The van der Waals surface area contributed by atoms with E-state index in [-0.39, 0.29) is 11.5 Å². The van der Waals surface area contributed by atoms with Crippen molar-refractivity contribution in [2.75, 3.05) is 41.3 Å². The number of rotatable bonds is 5. The number of nitrogens with zero attached hydrogens (tertiary/aromatic N) is 2. The maximum atomic E-state index is 12.5. The number of anilines is 3. The van der Waals surface area contributed by atoms with Crippen molar-refractivity contribution in [1.29, 1.82) is 0 Å². The second-order valence-corrected chi connectivity index (χ2v) is 9.50. The van der Waals surface area contributed by atoms with Crippen molar-refractivity contribution in [3.8, 4) is 0 Å². The van der Waals surface area contributed by atoms with Gasteiger partial charge < -0.3 is 25.3 Å². The van der Waals surface area contributed by atoms with Crippen LogP contribution in [0.1, 0.15) is 31.8 Å². The molecule has 1 fully saturated rings. The molecular formula is C28H27ClF3N3O5. The summed E-state index contributed by atoms with van der Waals surface area (Å²) in [6, 6.07) is 18.0. The third-order valence-corrected chi connectivity index (χ3v) is 6.41. The summed E-state index contributed by atoms with van der Waals surface area (Å²) in [6.07, 6.45) is -5.08. The highest BCUT2D eigenvalue weighted by molar-refractivity contribution is 6.30. The topological polar surface area (TPSA) is 110 Å². The minimum atomic E-state index is -5.08.